The van der Waals surface area contributed by atoms with Crippen LogP contribution in [-0.2, 0) is 0 Å². The molecule has 14 heavy (non-hydrogen) atoms. The molecule has 0 N–H and O–H groups in total. The van der Waals surface area contributed by atoms with Gasteiger partial charge in [-0.1, -0.05) is 19.9 Å². The molecule has 76 valence electrons. The van der Waals surface area contributed by atoms with Crippen LogP contribution in [0, 0.1) is 6.92 Å². The summed E-state index contributed by atoms with van der Waals surface area (Å²) in [6.07, 6.45) is 2.07. The van der Waals surface area contributed by atoms with Gasteiger partial charge in [0.15, 0.2) is 0 Å². The molecule has 0 saturated heterocycles. The first-order valence-electron chi connectivity index (χ1n) is 4.76. The Kier molecular flexibility index (Phi) is 3.76. The number of aliphatic imine (C=N–C) groups is 1. The summed E-state index contributed by atoms with van der Waals surface area (Å²) < 4.78 is 0. The maximum Gasteiger partial charge on any atom is 0.0789 e. The third kappa shape index (κ3) is 2.01. The summed E-state index contributed by atoms with van der Waals surface area (Å²) in [5.74, 6) is 0.548. The van der Waals surface area contributed by atoms with E-state index in [4.69, 9.17) is 0 Å². The summed E-state index contributed by atoms with van der Waals surface area (Å²) >= 11 is 1.72. The number of hydrogen-bond donors (Lipinski definition) is 0. The molecule has 0 aliphatic rings. The van der Waals surface area contributed by atoms with Gasteiger partial charge in [-0.15, -0.1) is 11.8 Å². The molecular weight excluding hydrogens is 190 g/mol. The minimum Gasteiger partial charge on any atom is -0.263 e. The quantitative estimate of drug-likeness (QED) is 0.535. The molecule has 0 aliphatic carbocycles. The molecule has 1 aromatic carbocycles. The van der Waals surface area contributed by atoms with Crippen molar-refractivity contribution in [2.24, 2.45) is 4.99 Å². The van der Waals surface area contributed by atoms with E-state index in [2.05, 4.69) is 50.9 Å². The van der Waals surface area contributed by atoms with Crippen LogP contribution in [0.2, 0.25) is 0 Å². The van der Waals surface area contributed by atoms with Crippen molar-refractivity contribution in [3.8, 4) is 0 Å². The molecule has 0 saturated carbocycles. The first-order chi connectivity index (χ1) is 6.61. The summed E-state index contributed by atoms with van der Waals surface area (Å²) in [6.45, 7) is 10.2. The lowest BCUT2D eigenvalue weighted by atomic mass is 9.97. The van der Waals surface area contributed by atoms with E-state index >= 15 is 0 Å². The van der Waals surface area contributed by atoms with E-state index in [9.17, 15) is 0 Å². The SMILES string of the molecule is C=Nc1c(SC)ccc(C(C)C)c1C. The van der Waals surface area contributed by atoms with E-state index in [1.54, 1.807) is 11.8 Å². The second kappa shape index (κ2) is 4.65. The largest absolute Gasteiger partial charge is 0.263 e. The third-order valence-corrected chi connectivity index (χ3v) is 3.21. The molecule has 0 heterocycles. The van der Waals surface area contributed by atoms with Crippen LogP contribution >= 0.6 is 11.8 Å². The Morgan fingerprint density at radius 3 is 2.43 bits per heavy atom. The number of benzene rings is 1. The fourth-order valence-electron chi connectivity index (χ4n) is 1.68. The molecule has 0 unspecified atom stereocenters. The zero-order valence-corrected chi connectivity index (χ0v) is 10.1. The highest BCUT2D eigenvalue weighted by atomic mass is 32.2. The molecular formula is C12H17NS. The first-order valence-corrected chi connectivity index (χ1v) is 5.98. The summed E-state index contributed by atoms with van der Waals surface area (Å²) in [5.41, 5.74) is 3.68. The molecule has 1 nitrogen and oxygen atoms in total. The highest BCUT2D eigenvalue weighted by Gasteiger charge is 2.10. The van der Waals surface area contributed by atoms with Crippen LogP contribution in [0.5, 0.6) is 0 Å². The molecule has 1 aromatic rings. The molecule has 1 rings (SSSR count). The first kappa shape index (κ1) is 11.3. The van der Waals surface area contributed by atoms with Gasteiger partial charge in [-0.25, -0.2) is 0 Å². The molecule has 0 aromatic heterocycles. The molecule has 0 radical (unpaired) electrons. The molecule has 0 spiro atoms. The molecule has 0 amide bonds. The molecule has 0 aliphatic heterocycles. The van der Waals surface area contributed by atoms with Crippen molar-refractivity contribution >= 4 is 24.2 Å². The zero-order valence-electron chi connectivity index (χ0n) is 9.29. The summed E-state index contributed by atoms with van der Waals surface area (Å²) in [7, 11) is 0. The number of nitrogens with zero attached hydrogens (tertiary/aromatic N) is 1. The second-order valence-corrected chi connectivity index (χ2v) is 4.49. The van der Waals surface area contributed by atoms with Crippen LogP contribution in [0.3, 0.4) is 0 Å². The zero-order chi connectivity index (χ0) is 10.7. The number of rotatable bonds is 3. The lowest BCUT2D eigenvalue weighted by molar-refractivity contribution is 0.854. The molecule has 0 fully saturated rings. The smallest absolute Gasteiger partial charge is 0.0789 e. The predicted molar refractivity (Wildman–Crippen MR) is 66.3 cm³/mol. The Bertz CT molecular complexity index is 342. The van der Waals surface area contributed by atoms with Crippen LogP contribution < -0.4 is 0 Å². The van der Waals surface area contributed by atoms with E-state index in [0.29, 0.717) is 5.92 Å². The van der Waals surface area contributed by atoms with Gasteiger partial charge in [0.25, 0.3) is 0 Å². The van der Waals surface area contributed by atoms with Crippen molar-refractivity contribution in [1.29, 1.82) is 0 Å². The van der Waals surface area contributed by atoms with Crippen molar-refractivity contribution in [2.45, 2.75) is 31.6 Å². The predicted octanol–water partition coefficient (Wildman–Crippen LogP) is 4.17. The standard InChI is InChI=1S/C12H17NS/c1-8(2)10-6-7-11(14-5)12(13-4)9(10)3/h6-8H,4H2,1-3,5H3. The van der Waals surface area contributed by atoms with Crippen LogP contribution in [0.1, 0.15) is 30.9 Å². The van der Waals surface area contributed by atoms with Crippen molar-refractivity contribution in [1.82, 2.24) is 0 Å². The van der Waals surface area contributed by atoms with E-state index in [1.807, 2.05) is 0 Å². The van der Waals surface area contributed by atoms with Gasteiger partial charge in [0.2, 0.25) is 0 Å². The van der Waals surface area contributed by atoms with Gasteiger partial charge >= 0.3 is 0 Å². The van der Waals surface area contributed by atoms with Crippen molar-refractivity contribution < 1.29 is 0 Å². The Labute approximate surface area is 90.6 Å². The van der Waals surface area contributed by atoms with E-state index in [0.717, 1.165) is 5.69 Å². The third-order valence-electron chi connectivity index (χ3n) is 2.44. The average Bonchev–Trinajstić information content (AvgIpc) is 2.16. The van der Waals surface area contributed by atoms with Gasteiger partial charge < -0.3 is 0 Å². The van der Waals surface area contributed by atoms with Gasteiger partial charge in [0.05, 0.1) is 5.69 Å². The van der Waals surface area contributed by atoms with Crippen molar-refractivity contribution in [3.63, 3.8) is 0 Å². The van der Waals surface area contributed by atoms with E-state index < -0.39 is 0 Å². The van der Waals surface area contributed by atoms with Crippen LogP contribution in [0.25, 0.3) is 0 Å². The topological polar surface area (TPSA) is 12.4 Å². The highest BCUT2D eigenvalue weighted by molar-refractivity contribution is 7.98. The average molecular weight is 207 g/mol. The van der Waals surface area contributed by atoms with Crippen LogP contribution in [0.15, 0.2) is 22.0 Å². The van der Waals surface area contributed by atoms with Crippen LogP contribution in [0.4, 0.5) is 5.69 Å². The summed E-state index contributed by atoms with van der Waals surface area (Å²) in [5, 5.41) is 0. The van der Waals surface area contributed by atoms with Gasteiger partial charge in [-0.2, -0.15) is 0 Å². The van der Waals surface area contributed by atoms with E-state index in [1.165, 1.54) is 16.0 Å². The fourth-order valence-corrected chi connectivity index (χ4v) is 2.29. The monoisotopic (exact) mass is 207 g/mol. The highest BCUT2D eigenvalue weighted by Crippen LogP contribution is 2.35. The fraction of sp³-hybridized carbons (Fsp3) is 0.417. The Morgan fingerprint density at radius 1 is 1.36 bits per heavy atom. The Balaban J connectivity index is 3.34. The van der Waals surface area contributed by atoms with Crippen molar-refractivity contribution in [3.05, 3.63) is 23.3 Å². The minimum absolute atomic E-state index is 0.548. The Hall–Kier alpha value is -0.760. The second-order valence-electron chi connectivity index (χ2n) is 3.64. The van der Waals surface area contributed by atoms with Gasteiger partial charge in [0, 0.05) is 4.90 Å². The van der Waals surface area contributed by atoms with Gasteiger partial charge in [0.1, 0.15) is 0 Å². The molecule has 2 heteroatoms. The van der Waals surface area contributed by atoms with Gasteiger partial charge in [-0.05, 0) is 43.0 Å². The van der Waals surface area contributed by atoms with Crippen LogP contribution in [-0.4, -0.2) is 13.0 Å². The number of thioether (sulfide) groups is 1. The number of hydrogen-bond acceptors (Lipinski definition) is 2. The van der Waals surface area contributed by atoms with E-state index in [-0.39, 0.29) is 0 Å². The summed E-state index contributed by atoms with van der Waals surface area (Å²) in [4.78, 5) is 5.32. The molecule has 0 atom stereocenters. The minimum atomic E-state index is 0.548. The lowest BCUT2D eigenvalue weighted by Crippen LogP contribution is -1.93. The molecule has 0 bridgehead atoms. The normalized spacial score (nSPS) is 10.6. The maximum atomic E-state index is 4.11. The lowest BCUT2D eigenvalue weighted by Gasteiger charge is -2.14. The Morgan fingerprint density at radius 2 is 2.00 bits per heavy atom. The van der Waals surface area contributed by atoms with Gasteiger partial charge in [-0.3, -0.25) is 4.99 Å². The maximum absolute atomic E-state index is 4.11. The van der Waals surface area contributed by atoms with Crippen molar-refractivity contribution in [2.75, 3.05) is 6.26 Å². The summed E-state index contributed by atoms with van der Waals surface area (Å²) in [6, 6.07) is 4.33.